The molecule has 2 fully saturated rings. The molecule has 1 unspecified atom stereocenters. The van der Waals surface area contributed by atoms with Gasteiger partial charge in [-0.3, -0.25) is 19.2 Å². The number of hydroxylamine groups is 4. The molecule has 0 saturated carbocycles. The molecule has 1 atom stereocenters. The van der Waals surface area contributed by atoms with Crippen molar-refractivity contribution in [1.82, 2.24) is 10.1 Å². The summed E-state index contributed by atoms with van der Waals surface area (Å²) in [5.41, 5.74) is -0.761. The van der Waals surface area contributed by atoms with E-state index in [9.17, 15) is 38.4 Å². The zero-order valence-electron chi connectivity index (χ0n) is 20.5. The van der Waals surface area contributed by atoms with Gasteiger partial charge in [0.1, 0.15) is 11.7 Å². The van der Waals surface area contributed by atoms with Crippen LogP contribution in [0.1, 0.15) is 66.7 Å². The molecular formula is C21H28N2O13. The molecule has 2 aliphatic rings. The largest absolute Gasteiger partial charge is 0.509 e. The number of imide groups is 2. The van der Waals surface area contributed by atoms with Crippen molar-refractivity contribution in [2.24, 2.45) is 0 Å². The molecule has 0 aromatic rings. The quantitative estimate of drug-likeness (QED) is 0.336. The van der Waals surface area contributed by atoms with Gasteiger partial charge in [0.05, 0.1) is 6.42 Å². The molecular weight excluding hydrogens is 488 g/mol. The topological polar surface area (TPSA) is 189 Å². The van der Waals surface area contributed by atoms with E-state index in [0.29, 0.717) is 10.1 Å². The maximum Gasteiger partial charge on any atom is 0.509 e. The highest BCUT2D eigenvalue weighted by Crippen LogP contribution is 2.14. The number of rotatable bonds is 7. The summed E-state index contributed by atoms with van der Waals surface area (Å²) >= 11 is 0. The number of amides is 4. The van der Waals surface area contributed by atoms with Crippen LogP contribution in [0.25, 0.3) is 0 Å². The van der Waals surface area contributed by atoms with Crippen LogP contribution in [0.3, 0.4) is 0 Å². The van der Waals surface area contributed by atoms with Crippen molar-refractivity contribution in [1.29, 1.82) is 0 Å². The van der Waals surface area contributed by atoms with E-state index in [-0.39, 0.29) is 32.1 Å². The van der Waals surface area contributed by atoms with Gasteiger partial charge in [-0.2, -0.15) is 0 Å². The number of nitrogens with zero attached hydrogens (tertiary/aromatic N) is 2. The van der Waals surface area contributed by atoms with Crippen LogP contribution in [0.4, 0.5) is 4.79 Å². The van der Waals surface area contributed by atoms with E-state index in [1.165, 1.54) is 6.92 Å². The van der Waals surface area contributed by atoms with E-state index in [1.807, 2.05) is 0 Å². The lowest BCUT2D eigenvalue weighted by Crippen LogP contribution is -2.33. The van der Waals surface area contributed by atoms with Gasteiger partial charge in [0.2, 0.25) is 0 Å². The second kappa shape index (κ2) is 13.2. The molecule has 15 nitrogen and oxygen atoms in total. The van der Waals surface area contributed by atoms with Gasteiger partial charge < -0.3 is 23.9 Å². The van der Waals surface area contributed by atoms with Crippen LogP contribution in [0.2, 0.25) is 0 Å². The Morgan fingerprint density at radius 2 is 1.25 bits per heavy atom. The highest BCUT2D eigenvalue weighted by molar-refractivity contribution is 6.02. The minimum absolute atomic E-state index is 0.0152. The third kappa shape index (κ3) is 10.9. The molecule has 15 heteroatoms. The SMILES string of the molecule is CC(=O)ON1C(=O)CCC1=O.CC(CC(=O)ON1C(=O)CCC1=O)OC(=O)COC(=O)OC(C)(C)C. The summed E-state index contributed by atoms with van der Waals surface area (Å²) in [5, 5.41) is 0.921. The Hall–Kier alpha value is -4.04. The van der Waals surface area contributed by atoms with Crippen molar-refractivity contribution in [3.8, 4) is 0 Å². The van der Waals surface area contributed by atoms with Crippen LogP contribution in [-0.2, 0) is 57.4 Å². The number of hydrogen-bond acceptors (Lipinski definition) is 13. The highest BCUT2D eigenvalue weighted by Gasteiger charge is 2.33. The first-order valence-corrected chi connectivity index (χ1v) is 10.7. The third-order valence-corrected chi connectivity index (χ3v) is 3.91. The van der Waals surface area contributed by atoms with Crippen molar-refractivity contribution in [3.63, 3.8) is 0 Å². The highest BCUT2D eigenvalue weighted by atomic mass is 16.7. The molecule has 200 valence electrons. The first kappa shape index (κ1) is 30.0. The van der Waals surface area contributed by atoms with E-state index in [4.69, 9.17) is 9.47 Å². The Balaban J connectivity index is 0.000000488. The van der Waals surface area contributed by atoms with Gasteiger partial charge >= 0.3 is 24.1 Å². The van der Waals surface area contributed by atoms with Crippen molar-refractivity contribution in [2.45, 2.75) is 78.4 Å². The van der Waals surface area contributed by atoms with Crippen molar-refractivity contribution in [3.05, 3.63) is 0 Å². The summed E-state index contributed by atoms with van der Waals surface area (Å²) in [7, 11) is 0. The van der Waals surface area contributed by atoms with Gasteiger partial charge in [-0.25, -0.2) is 19.2 Å². The number of hydrogen-bond donors (Lipinski definition) is 0. The molecule has 2 aliphatic heterocycles. The van der Waals surface area contributed by atoms with Gasteiger partial charge in [0.15, 0.2) is 6.61 Å². The summed E-state index contributed by atoms with van der Waals surface area (Å²) < 4.78 is 14.3. The molecule has 36 heavy (non-hydrogen) atoms. The van der Waals surface area contributed by atoms with E-state index in [2.05, 4.69) is 14.4 Å². The molecule has 2 saturated heterocycles. The summed E-state index contributed by atoms with van der Waals surface area (Å²) in [6.07, 6.45) is -2.08. The Labute approximate surface area is 205 Å². The van der Waals surface area contributed by atoms with Crippen LogP contribution in [0, 0.1) is 0 Å². The number of carbonyl (C=O) groups is 8. The summed E-state index contributed by atoms with van der Waals surface area (Å²) in [6, 6.07) is 0. The summed E-state index contributed by atoms with van der Waals surface area (Å²) in [6.45, 7) is 6.76. The molecule has 2 heterocycles. The van der Waals surface area contributed by atoms with E-state index in [1.54, 1.807) is 20.8 Å². The standard InChI is InChI=1S/C15H21NO9.C6H7NO4/c1-9(7-12(19)25-16-10(17)5-6-11(16)18)23-13(20)8-22-14(21)24-15(2,3)4;1-4(8)11-7-5(9)2-3-6(7)10/h9H,5-8H2,1-4H3;2-3H2,1H3. The predicted octanol–water partition coefficient (Wildman–Crippen LogP) is 0.481. The van der Waals surface area contributed by atoms with Gasteiger partial charge in [-0.1, -0.05) is 0 Å². The molecule has 0 radical (unpaired) electrons. The molecule has 0 aromatic carbocycles. The average Bonchev–Trinajstić information content (AvgIpc) is 3.21. The van der Waals surface area contributed by atoms with Crippen molar-refractivity contribution in [2.75, 3.05) is 6.61 Å². The maximum atomic E-state index is 11.6. The second-order valence-corrected chi connectivity index (χ2v) is 8.47. The molecule has 2 rings (SSSR count). The smallest absolute Gasteiger partial charge is 0.460 e. The normalized spacial score (nSPS) is 16.1. The van der Waals surface area contributed by atoms with E-state index >= 15 is 0 Å². The number of esters is 1. The summed E-state index contributed by atoms with van der Waals surface area (Å²) in [4.78, 5) is 97.9. The lowest BCUT2D eigenvalue weighted by atomic mass is 10.2. The fourth-order valence-electron chi connectivity index (χ4n) is 2.52. The first-order chi connectivity index (χ1) is 16.6. The molecule has 0 N–H and O–H groups in total. The maximum absolute atomic E-state index is 11.6. The van der Waals surface area contributed by atoms with Crippen LogP contribution < -0.4 is 0 Å². The number of carbonyl (C=O) groups excluding carboxylic acids is 8. The number of ether oxygens (including phenoxy) is 3. The fraction of sp³-hybridized carbons (Fsp3) is 0.619. The zero-order valence-corrected chi connectivity index (χ0v) is 20.5. The van der Waals surface area contributed by atoms with Gasteiger partial charge in [-0.05, 0) is 27.7 Å². The van der Waals surface area contributed by atoms with Gasteiger partial charge in [-0.15, -0.1) is 10.1 Å². The lowest BCUT2D eigenvalue weighted by molar-refractivity contribution is -0.199. The van der Waals surface area contributed by atoms with Crippen LogP contribution in [0.5, 0.6) is 0 Å². The van der Waals surface area contributed by atoms with Crippen molar-refractivity contribution >= 4 is 47.7 Å². The Bertz CT molecular complexity index is 889. The third-order valence-electron chi connectivity index (χ3n) is 3.91. The fourth-order valence-corrected chi connectivity index (χ4v) is 2.52. The average molecular weight is 516 g/mol. The van der Waals surface area contributed by atoms with Gasteiger partial charge in [0.25, 0.3) is 23.6 Å². The van der Waals surface area contributed by atoms with Gasteiger partial charge in [0, 0.05) is 32.6 Å². The second-order valence-electron chi connectivity index (χ2n) is 8.47. The summed E-state index contributed by atoms with van der Waals surface area (Å²) in [5.74, 6) is -4.57. The minimum Gasteiger partial charge on any atom is -0.460 e. The molecule has 0 bridgehead atoms. The Kier molecular flexibility index (Phi) is 11.0. The first-order valence-electron chi connectivity index (χ1n) is 10.7. The molecule has 0 spiro atoms. The minimum atomic E-state index is -1.03. The Morgan fingerprint density at radius 1 is 0.806 bits per heavy atom. The lowest BCUT2D eigenvalue weighted by Gasteiger charge is -2.19. The van der Waals surface area contributed by atoms with E-state index < -0.39 is 66.0 Å². The Morgan fingerprint density at radius 3 is 1.67 bits per heavy atom. The molecule has 0 aliphatic carbocycles. The molecule has 0 aromatic heterocycles. The van der Waals surface area contributed by atoms with E-state index in [0.717, 1.165) is 6.92 Å². The van der Waals surface area contributed by atoms with Crippen LogP contribution in [-0.4, -0.2) is 76.1 Å². The molecule has 4 amide bonds. The van der Waals surface area contributed by atoms with Crippen LogP contribution in [0.15, 0.2) is 0 Å². The van der Waals surface area contributed by atoms with Crippen molar-refractivity contribution < 1.29 is 62.2 Å². The predicted molar refractivity (Wildman–Crippen MR) is 112 cm³/mol. The zero-order chi connectivity index (χ0) is 27.6. The van der Waals surface area contributed by atoms with Crippen LogP contribution >= 0.6 is 0 Å². The monoisotopic (exact) mass is 516 g/mol.